The maximum absolute atomic E-state index is 12.2. The van der Waals surface area contributed by atoms with Gasteiger partial charge in [-0.05, 0) is 42.0 Å². The Labute approximate surface area is 193 Å². The van der Waals surface area contributed by atoms with Crippen LogP contribution in [0.3, 0.4) is 0 Å². The predicted molar refractivity (Wildman–Crippen MR) is 117 cm³/mol. The van der Waals surface area contributed by atoms with Crippen LogP contribution in [0.2, 0.25) is 15.1 Å². The van der Waals surface area contributed by atoms with Crippen LogP contribution in [-0.2, 0) is 27.3 Å². The Morgan fingerprint density at radius 1 is 1.06 bits per heavy atom. The van der Waals surface area contributed by atoms with Crippen LogP contribution in [-0.4, -0.2) is 40.6 Å². The Bertz CT molecular complexity index is 1070. The second-order valence-corrected chi connectivity index (χ2v) is 7.93. The van der Waals surface area contributed by atoms with Crippen LogP contribution in [0.15, 0.2) is 47.0 Å². The molecule has 0 radical (unpaired) electrons. The van der Waals surface area contributed by atoms with Crippen molar-refractivity contribution in [3.8, 4) is 11.4 Å². The lowest BCUT2D eigenvalue weighted by Gasteiger charge is -2.17. The van der Waals surface area contributed by atoms with E-state index in [1.807, 2.05) is 0 Å². The zero-order valence-corrected chi connectivity index (χ0v) is 18.7. The largest absolute Gasteiger partial charge is 0.456 e. The molecule has 3 rings (SSSR count). The average Bonchev–Trinajstić information content (AvgIpc) is 3.22. The molecule has 162 valence electrons. The summed E-state index contributed by atoms with van der Waals surface area (Å²) in [5.74, 6) is -0.186. The van der Waals surface area contributed by atoms with E-state index in [2.05, 4.69) is 10.1 Å². The van der Waals surface area contributed by atoms with E-state index in [4.69, 9.17) is 44.1 Å². The van der Waals surface area contributed by atoms with Crippen molar-refractivity contribution in [2.24, 2.45) is 0 Å². The third-order valence-electron chi connectivity index (χ3n) is 4.30. The zero-order valence-electron chi connectivity index (χ0n) is 16.5. The Kier molecular flexibility index (Phi) is 7.90. The summed E-state index contributed by atoms with van der Waals surface area (Å²) in [7, 11) is 1.61. The third-order valence-corrected chi connectivity index (χ3v) is 5.29. The molecule has 0 fully saturated rings. The lowest BCUT2D eigenvalue weighted by Crippen LogP contribution is -2.30. The van der Waals surface area contributed by atoms with Crippen LogP contribution in [0.25, 0.3) is 11.4 Å². The Hall–Kier alpha value is -2.61. The van der Waals surface area contributed by atoms with Crippen molar-refractivity contribution in [1.29, 1.82) is 0 Å². The molecule has 0 aliphatic rings. The predicted octanol–water partition coefficient (Wildman–Crippen LogP) is 4.83. The number of carbonyl (C=O) groups is 2. The molecule has 7 nitrogen and oxygen atoms in total. The van der Waals surface area contributed by atoms with Gasteiger partial charge < -0.3 is 14.2 Å². The number of hydrogen-bond acceptors (Lipinski definition) is 6. The molecule has 3 aromatic rings. The number of carbonyl (C=O) groups excluding carboxylic acids is 2. The van der Waals surface area contributed by atoms with E-state index in [1.165, 1.54) is 4.90 Å². The summed E-state index contributed by atoms with van der Waals surface area (Å²) in [6.45, 7) is -0.0563. The van der Waals surface area contributed by atoms with E-state index >= 15 is 0 Å². The van der Waals surface area contributed by atoms with Crippen LogP contribution in [0.5, 0.6) is 0 Å². The van der Waals surface area contributed by atoms with E-state index < -0.39 is 5.97 Å². The molecule has 2 aromatic carbocycles. The Morgan fingerprint density at radius 2 is 1.81 bits per heavy atom. The number of amides is 1. The SMILES string of the molecule is CN(Cc1ccc(Cl)c(Cl)c1)C(=O)COC(=O)CCc1nc(-c2ccc(Cl)cc2)no1. The molecular formula is C21H18Cl3N3O4. The first kappa shape index (κ1) is 23.1. The molecule has 0 bridgehead atoms. The van der Waals surface area contributed by atoms with E-state index in [0.29, 0.717) is 33.3 Å². The monoisotopic (exact) mass is 481 g/mol. The number of benzene rings is 2. The maximum atomic E-state index is 12.2. The molecule has 31 heavy (non-hydrogen) atoms. The van der Waals surface area contributed by atoms with Gasteiger partial charge in [0.05, 0.1) is 16.5 Å². The minimum atomic E-state index is -0.539. The summed E-state index contributed by atoms with van der Waals surface area (Å²) in [5.41, 5.74) is 1.56. The van der Waals surface area contributed by atoms with Crippen LogP contribution in [0.1, 0.15) is 17.9 Å². The quantitative estimate of drug-likeness (QED) is 0.427. The fraction of sp³-hybridized carbons (Fsp3) is 0.238. The second kappa shape index (κ2) is 10.6. The fourth-order valence-corrected chi connectivity index (χ4v) is 3.05. The fourth-order valence-electron chi connectivity index (χ4n) is 2.61. The normalized spacial score (nSPS) is 10.7. The summed E-state index contributed by atoms with van der Waals surface area (Å²) in [6, 6.07) is 12.1. The van der Waals surface area contributed by atoms with E-state index in [-0.39, 0.29) is 25.4 Å². The number of aryl methyl sites for hydroxylation is 1. The number of likely N-dealkylation sites (N-methyl/N-ethyl adjacent to an activating group) is 1. The molecule has 1 amide bonds. The lowest BCUT2D eigenvalue weighted by molar-refractivity contribution is -0.151. The highest BCUT2D eigenvalue weighted by Crippen LogP contribution is 2.23. The number of nitrogens with zero attached hydrogens (tertiary/aromatic N) is 3. The van der Waals surface area contributed by atoms with Crippen molar-refractivity contribution in [3.05, 3.63) is 69.0 Å². The van der Waals surface area contributed by atoms with Crippen molar-refractivity contribution in [2.45, 2.75) is 19.4 Å². The molecule has 0 spiro atoms. The van der Waals surface area contributed by atoms with Gasteiger partial charge in [0.25, 0.3) is 5.91 Å². The number of ether oxygens (including phenoxy) is 1. The number of hydrogen-bond donors (Lipinski definition) is 0. The molecule has 10 heteroatoms. The van der Waals surface area contributed by atoms with Gasteiger partial charge in [-0.25, -0.2) is 0 Å². The number of esters is 1. The van der Waals surface area contributed by atoms with Crippen molar-refractivity contribution in [2.75, 3.05) is 13.7 Å². The summed E-state index contributed by atoms with van der Waals surface area (Å²) in [4.78, 5) is 29.8. The molecule has 0 aliphatic heterocycles. The summed E-state index contributed by atoms with van der Waals surface area (Å²) >= 11 is 17.7. The van der Waals surface area contributed by atoms with Gasteiger partial charge in [-0.2, -0.15) is 4.98 Å². The molecule has 0 atom stereocenters. The highest BCUT2D eigenvalue weighted by molar-refractivity contribution is 6.42. The molecular weight excluding hydrogens is 465 g/mol. The van der Waals surface area contributed by atoms with Gasteiger partial charge >= 0.3 is 5.97 Å². The van der Waals surface area contributed by atoms with Gasteiger partial charge in [-0.15, -0.1) is 0 Å². The number of rotatable bonds is 8. The first-order chi connectivity index (χ1) is 14.8. The molecule has 0 saturated carbocycles. The van der Waals surface area contributed by atoms with Gasteiger partial charge in [-0.1, -0.05) is 46.0 Å². The number of aromatic nitrogens is 2. The average molecular weight is 483 g/mol. The molecule has 1 aromatic heterocycles. The van der Waals surface area contributed by atoms with Gasteiger partial charge in [0.1, 0.15) is 0 Å². The number of halogens is 3. The van der Waals surface area contributed by atoms with Crippen LogP contribution < -0.4 is 0 Å². The molecule has 0 N–H and O–H groups in total. The lowest BCUT2D eigenvalue weighted by atomic mass is 10.2. The Balaban J connectivity index is 1.43. The van der Waals surface area contributed by atoms with Gasteiger partial charge in [0, 0.05) is 30.6 Å². The summed E-state index contributed by atoms with van der Waals surface area (Å²) in [5, 5.41) is 5.34. The Morgan fingerprint density at radius 3 is 2.52 bits per heavy atom. The third kappa shape index (κ3) is 6.69. The second-order valence-electron chi connectivity index (χ2n) is 6.68. The molecule has 0 aliphatic carbocycles. The van der Waals surface area contributed by atoms with Gasteiger partial charge in [-0.3, -0.25) is 9.59 Å². The maximum Gasteiger partial charge on any atom is 0.306 e. The van der Waals surface area contributed by atoms with Crippen molar-refractivity contribution in [3.63, 3.8) is 0 Å². The topological polar surface area (TPSA) is 85.5 Å². The molecule has 0 unspecified atom stereocenters. The molecule has 0 saturated heterocycles. The van der Waals surface area contributed by atoms with Crippen molar-refractivity contribution < 1.29 is 18.8 Å². The van der Waals surface area contributed by atoms with E-state index in [9.17, 15) is 9.59 Å². The van der Waals surface area contributed by atoms with E-state index in [1.54, 1.807) is 49.5 Å². The van der Waals surface area contributed by atoms with Crippen LogP contribution in [0, 0.1) is 0 Å². The first-order valence-corrected chi connectivity index (χ1v) is 10.4. The van der Waals surface area contributed by atoms with Crippen molar-refractivity contribution in [1.82, 2.24) is 15.0 Å². The first-order valence-electron chi connectivity index (χ1n) is 9.24. The van der Waals surface area contributed by atoms with Crippen LogP contribution >= 0.6 is 34.8 Å². The minimum Gasteiger partial charge on any atom is -0.456 e. The summed E-state index contributed by atoms with van der Waals surface area (Å²) < 4.78 is 10.2. The minimum absolute atomic E-state index is 0.00599. The highest BCUT2D eigenvalue weighted by atomic mass is 35.5. The smallest absolute Gasteiger partial charge is 0.306 e. The van der Waals surface area contributed by atoms with Crippen LogP contribution in [0.4, 0.5) is 0 Å². The van der Waals surface area contributed by atoms with Gasteiger partial charge in [0.15, 0.2) is 6.61 Å². The van der Waals surface area contributed by atoms with E-state index in [0.717, 1.165) is 11.1 Å². The zero-order chi connectivity index (χ0) is 22.4. The van der Waals surface area contributed by atoms with Crippen molar-refractivity contribution >= 4 is 46.7 Å². The summed E-state index contributed by atoms with van der Waals surface area (Å²) in [6.07, 6.45) is 0.207. The van der Waals surface area contributed by atoms with Gasteiger partial charge in [0.2, 0.25) is 11.7 Å². The highest BCUT2D eigenvalue weighted by Gasteiger charge is 2.15. The molecule has 1 heterocycles. The standard InChI is InChI=1S/C21H18Cl3N3O4/c1-27(11-13-2-7-16(23)17(24)10-13)19(28)12-30-20(29)9-8-18-25-21(26-31-18)14-3-5-15(22)6-4-14/h2-7,10H,8-9,11-12H2,1H3.